The summed E-state index contributed by atoms with van der Waals surface area (Å²) < 4.78 is 0. The van der Waals surface area contributed by atoms with Crippen LogP contribution in [0.4, 0.5) is 0 Å². The summed E-state index contributed by atoms with van der Waals surface area (Å²) >= 11 is 0. The van der Waals surface area contributed by atoms with Crippen LogP contribution in [0, 0.1) is 0 Å². The molecule has 84 valence electrons. The molecule has 0 amide bonds. The highest BCUT2D eigenvalue weighted by Gasteiger charge is 2.24. The van der Waals surface area contributed by atoms with Crippen molar-refractivity contribution in [3.8, 4) is 0 Å². The molecule has 1 heterocycles. The third-order valence-electron chi connectivity index (χ3n) is 2.84. The predicted octanol–water partition coefficient (Wildman–Crippen LogP) is 1.72. The smallest absolute Gasteiger partial charge is 0.333 e. The number of aliphatic carboxylic acids is 1. The lowest BCUT2D eigenvalue weighted by Crippen LogP contribution is -2.25. The number of carboxylic acids is 1. The van der Waals surface area contributed by atoms with Gasteiger partial charge in [-0.25, -0.2) is 4.79 Å². The summed E-state index contributed by atoms with van der Waals surface area (Å²) in [6.07, 6.45) is 0.376. The number of fused-ring (bicyclic) bond motifs is 1. The standard InChI is InChI=1S/C12H13NO3/c1-7(11(14)12(15)16)9-6-13-10-5-3-2-4-8(9)10/h2-7,11,13-14H,1H3,(H,15,16)/t7-,11+/m0/s1. The molecule has 2 rings (SSSR count). The summed E-state index contributed by atoms with van der Waals surface area (Å²) in [6.45, 7) is 1.70. The van der Waals surface area contributed by atoms with Crippen LogP contribution < -0.4 is 0 Å². The molecule has 0 saturated carbocycles. The topological polar surface area (TPSA) is 73.3 Å². The van der Waals surface area contributed by atoms with Gasteiger partial charge in [0.1, 0.15) is 0 Å². The monoisotopic (exact) mass is 219 g/mol. The lowest BCUT2D eigenvalue weighted by atomic mass is 9.95. The number of aliphatic hydroxyl groups is 1. The zero-order valence-corrected chi connectivity index (χ0v) is 8.84. The predicted molar refractivity (Wildman–Crippen MR) is 60.4 cm³/mol. The molecule has 0 spiro atoms. The number of carbonyl (C=O) groups is 1. The fraction of sp³-hybridized carbons (Fsp3) is 0.250. The van der Waals surface area contributed by atoms with Crippen molar-refractivity contribution >= 4 is 16.9 Å². The van der Waals surface area contributed by atoms with E-state index in [0.717, 1.165) is 16.5 Å². The highest BCUT2D eigenvalue weighted by Crippen LogP contribution is 2.27. The lowest BCUT2D eigenvalue weighted by Gasteiger charge is -2.14. The molecule has 2 aromatic rings. The minimum absolute atomic E-state index is 0.436. The van der Waals surface area contributed by atoms with E-state index in [0.29, 0.717) is 0 Å². The zero-order chi connectivity index (χ0) is 11.7. The average molecular weight is 219 g/mol. The molecule has 0 fully saturated rings. The highest BCUT2D eigenvalue weighted by atomic mass is 16.4. The van der Waals surface area contributed by atoms with Crippen molar-refractivity contribution in [1.82, 2.24) is 4.98 Å². The number of benzene rings is 1. The highest BCUT2D eigenvalue weighted by molar-refractivity contribution is 5.85. The minimum Gasteiger partial charge on any atom is -0.479 e. The van der Waals surface area contributed by atoms with E-state index in [2.05, 4.69) is 4.98 Å². The van der Waals surface area contributed by atoms with Crippen LogP contribution in [0.5, 0.6) is 0 Å². The molecule has 0 saturated heterocycles. The number of aliphatic hydroxyl groups excluding tert-OH is 1. The summed E-state index contributed by atoms with van der Waals surface area (Å²) in [5.41, 5.74) is 1.77. The van der Waals surface area contributed by atoms with Gasteiger partial charge in [0.2, 0.25) is 0 Å². The molecule has 0 bridgehead atoms. The van der Waals surface area contributed by atoms with Gasteiger partial charge in [0, 0.05) is 23.0 Å². The van der Waals surface area contributed by atoms with E-state index in [1.165, 1.54) is 0 Å². The maximum Gasteiger partial charge on any atom is 0.333 e. The van der Waals surface area contributed by atoms with Gasteiger partial charge >= 0.3 is 5.97 Å². The van der Waals surface area contributed by atoms with E-state index in [4.69, 9.17) is 5.11 Å². The van der Waals surface area contributed by atoms with Crippen LogP contribution >= 0.6 is 0 Å². The van der Waals surface area contributed by atoms with Crippen molar-refractivity contribution in [2.45, 2.75) is 18.9 Å². The van der Waals surface area contributed by atoms with E-state index in [1.54, 1.807) is 13.1 Å². The number of nitrogens with one attached hydrogen (secondary N) is 1. The fourth-order valence-corrected chi connectivity index (χ4v) is 1.85. The van der Waals surface area contributed by atoms with Gasteiger partial charge in [0.25, 0.3) is 0 Å². The Bertz CT molecular complexity index is 518. The SMILES string of the molecule is C[C@@H](c1c[nH]c2ccccc12)[C@@H](O)C(=O)O. The number of aromatic nitrogens is 1. The minimum atomic E-state index is -1.38. The second-order valence-corrected chi connectivity index (χ2v) is 3.86. The molecule has 16 heavy (non-hydrogen) atoms. The molecular weight excluding hydrogens is 206 g/mol. The Morgan fingerprint density at radius 2 is 2.06 bits per heavy atom. The van der Waals surface area contributed by atoms with E-state index in [1.807, 2.05) is 24.3 Å². The number of hydrogen-bond donors (Lipinski definition) is 3. The molecule has 0 aliphatic heterocycles. The van der Waals surface area contributed by atoms with Gasteiger partial charge < -0.3 is 15.2 Å². The van der Waals surface area contributed by atoms with E-state index < -0.39 is 18.0 Å². The van der Waals surface area contributed by atoms with Crippen LogP contribution in [-0.2, 0) is 4.79 Å². The van der Waals surface area contributed by atoms with Gasteiger partial charge in [0.05, 0.1) is 0 Å². The van der Waals surface area contributed by atoms with Crippen LogP contribution in [0.25, 0.3) is 10.9 Å². The van der Waals surface area contributed by atoms with Crippen LogP contribution in [-0.4, -0.2) is 27.3 Å². The number of para-hydroxylation sites is 1. The van der Waals surface area contributed by atoms with Gasteiger partial charge in [0.15, 0.2) is 6.10 Å². The maximum absolute atomic E-state index is 10.7. The molecule has 3 N–H and O–H groups in total. The van der Waals surface area contributed by atoms with Crippen molar-refractivity contribution in [3.63, 3.8) is 0 Å². The first kappa shape index (κ1) is 10.7. The van der Waals surface area contributed by atoms with Crippen molar-refractivity contribution < 1.29 is 15.0 Å². The second kappa shape index (κ2) is 3.98. The molecule has 0 aliphatic carbocycles. The second-order valence-electron chi connectivity index (χ2n) is 3.86. The lowest BCUT2D eigenvalue weighted by molar-refractivity contribution is -0.147. The molecule has 1 aromatic heterocycles. The Morgan fingerprint density at radius 1 is 1.38 bits per heavy atom. The summed E-state index contributed by atoms with van der Waals surface area (Å²) in [6, 6.07) is 7.62. The van der Waals surface area contributed by atoms with Crippen LogP contribution in [0.3, 0.4) is 0 Å². The van der Waals surface area contributed by atoms with Crippen molar-refractivity contribution in [3.05, 3.63) is 36.0 Å². The maximum atomic E-state index is 10.7. The largest absolute Gasteiger partial charge is 0.479 e. The molecule has 4 nitrogen and oxygen atoms in total. The molecule has 0 unspecified atom stereocenters. The van der Waals surface area contributed by atoms with Gasteiger partial charge in [-0.15, -0.1) is 0 Å². The average Bonchev–Trinajstić information content (AvgIpc) is 2.70. The number of hydrogen-bond acceptors (Lipinski definition) is 2. The Kier molecular flexibility index (Phi) is 2.66. The van der Waals surface area contributed by atoms with Crippen LogP contribution in [0.1, 0.15) is 18.4 Å². The zero-order valence-electron chi connectivity index (χ0n) is 8.84. The Hall–Kier alpha value is -1.81. The first-order valence-corrected chi connectivity index (χ1v) is 5.08. The van der Waals surface area contributed by atoms with Crippen LogP contribution in [0.15, 0.2) is 30.5 Å². The summed E-state index contributed by atoms with van der Waals surface area (Å²) in [5, 5.41) is 19.2. The normalized spacial score (nSPS) is 14.9. The summed E-state index contributed by atoms with van der Waals surface area (Å²) in [7, 11) is 0. The number of H-pyrrole nitrogens is 1. The number of rotatable bonds is 3. The van der Waals surface area contributed by atoms with Gasteiger partial charge in [-0.3, -0.25) is 0 Å². The van der Waals surface area contributed by atoms with E-state index in [-0.39, 0.29) is 0 Å². The molecule has 4 heteroatoms. The molecule has 1 aromatic carbocycles. The number of carboxylic acid groups (broad SMARTS) is 1. The molecular formula is C12H13NO3. The molecule has 2 atom stereocenters. The van der Waals surface area contributed by atoms with E-state index >= 15 is 0 Å². The summed E-state index contributed by atoms with van der Waals surface area (Å²) in [4.78, 5) is 13.8. The van der Waals surface area contributed by atoms with Crippen molar-refractivity contribution in [2.75, 3.05) is 0 Å². The van der Waals surface area contributed by atoms with E-state index in [9.17, 15) is 9.90 Å². The van der Waals surface area contributed by atoms with Gasteiger partial charge in [-0.2, -0.15) is 0 Å². The third kappa shape index (κ3) is 1.67. The Labute approximate surface area is 92.5 Å². The first-order valence-electron chi connectivity index (χ1n) is 5.08. The Morgan fingerprint density at radius 3 is 2.75 bits per heavy atom. The third-order valence-corrected chi connectivity index (χ3v) is 2.84. The van der Waals surface area contributed by atoms with Crippen molar-refractivity contribution in [1.29, 1.82) is 0 Å². The van der Waals surface area contributed by atoms with Gasteiger partial charge in [-0.05, 0) is 11.6 Å². The fourth-order valence-electron chi connectivity index (χ4n) is 1.85. The Balaban J connectivity index is 2.44. The molecule has 0 aliphatic rings. The summed E-state index contributed by atoms with van der Waals surface area (Å²) in [5.74, 6) is -1.63. The molecule has 0 radical (unpaired) electrons. The van der Waals surface area contributed by atoms with Crippen molar-refractivity contribution in [2.24, 2.45) is 0 Å². The number of aromatic amines is 1. The van der Waals surface area contributed by atoms with Crippen LogP contribution in [0.2, 0.25) is 0 Å². The quantitative estimate of drug-likeness (QED) is 0.735. The van der Waals surface area contributed by atoms with Gasteiger partial charge in [-0.1, -0.05) is 25.1 Å². The first-order chi connectivity index (χ1) is 7.61.